The number of carbonyl (C=O) groups is 1. The van der Waals surface area contributed by atoms with Gasteiger partial charge in [0.2, 0.25) is 0 Å². The van der Waals surface area contributed by atoms with Crippen LogP contribution in [0.1, 0.15) is 47.4 Å². The summed E-state index contributed by atoms with van der Waals surface area (Å²) >= 11 is 11.7. The summed E-state index contributed by atoms with van der Waals surface area (Å²) in [6.07, 6.45) is -0.761. The minimum absolute atomic E-state index is 0.125. The summed E-state index contributed by atoms with van der Waals surface area (Å²) in [5, 5.41) is 13.6. The lowest BCUT2D eigenvalue weighted by atomic mass is 10.00. The van der Waals surface area contributed by atoms with E-state index in [9.17, 15) is 9.90 Å². The average Bonchev–Trinajstić information content (AvgIpc) is 2.54. The third kappa shape index (κ3) is 4.71. The molecule has 0 aromatic heterocycles. The number of hydrogen-bond donors (Lipinski definition) is 2. The SMILES string of the molecule is CC(C)c1ccc(C(O)CNC(=O)c2ccc(Cl)c(Cl)c2)cc1. The van der Waals surface area contributed by atoms with Crippen LogP contribution in [0.2, 0.25) is 10.0 Å². The summed E-state index contributed by atoms with van der Waals surface area (Å²) in [6, 6.07) is 12.4. The molecule has 1 unspecified atom stereocenters. The van der Waals surface area contributed by atoms with Gasteiger partial charge in [0.25, 0.3) is 5.91 Å². The van der Waals surface area contributed by atoms with Crippen LogP contribution in [0.15, 0.2) is 42.5 Å². The first-order chi connectivity index (χ1) is 10.9. The van der Waals surface area contributed by atoms with Crippen molar-refractivity contribution in [3.63, 3.8) is 0 Å². The van der Waals surface area contributed by atoms with Crippen molar-refractivity contribution in [2.45, 2.75) is 25.9 Å². The Balaban J connectivity index is 1.96. The fraction of sp³-hybridized carbons (Fsp3) is 0.278. The van der Waals surface area contributed by atoms with E-state index in [2.05, 4.69) is 19.2 Å². The molecular formula is C18H19Cl2NO2. The highest BCUT2D eigenvalue weighted by Crippen LogP contribution is 2.23. The predicted octanol–water partition coefficient (Wildman–Crippen LogP) is 4.58. The van der Waals surface area contributed by atoms with Gasteiger partial charge in [-0.15, -0.1) is 0 Å². The minimum Gasteiger partial charge on any atom is -0.387 e. The van der Waals surface area contributed by atoms with Gasteiger partial charge in [-0.25, -0.2) is 0 Å². The predicted molar refractivity (Wildman–Crippen MR) is 94.3 cm³/mol. The first kappa shape index (κ1) is 17.8. The lowest BCUT2D eigenvalue weighted by Crippen LogP contribution is -2.28. The second kappa shape index (κ2) is 7.82. The summed E-state index contributed by atoms with van der Waals surface area (Å²) in [6.45, 7) is 4.35. The Bertz CT molecular complexity index is 684. The standard InChI is InChI=1S/C18H19Cl2NO2/c1-11(2)12-3-5-13(6-4-12)17(22)10-21-18(23)14-7-8-15(19)16(20)9-14/h3-9,11,17,22H,10H2,1-2H3,(H,21,23). The van der Waals surface area contributed by atoms with Gasteiger partial charge in [0.05, 0.1) is 16.1 Å². The molecule has 1 amide bonds. The van der Waals surface area contributed by atoms with Gasteiger partial charge in [0.1, 0.15) is 0 Å². The van der Waals surface area contributed by atoms with Crippen LogP contribution in [-0.4, -0.2) is 17.6 Å². The highest BCUT2D eigenvalue weighted by atomic mass is 35.5. The van der Waals surface area contributed by atoms with Crippen LogP contribution in [0, 0.1) is 0 Å². The Labute approximate surface area is 146 Å². The molecule has 2 aromatic carbocycles. The molecule has 2 N–H and O–H groups in total. The minimum atomic E-state index is -0.761. The Hall–Kier alpha value is -1.55. The topological polar surface area (TPSA) is 49.3 Å². The van der Waals surface area contributed by atoms with Crippen LogP contribution in [0.4, 0.5) is 0 Å². The molecule has 2 rings (SSSR count). The van der Waals surface area contributed by atoms with Crippen molar-refractivity contribution in [2.24, 2.45) is 0 Å². The molecule has 122 valence electrons. The van der Waals surface area contributed by atoms with Crippen molar-refractivity contribution in [3.8, 4) is 0 Å². The van der Waals surface area contributed by atoms with E-state index in [0.29, 0.717) is 21.5 Å². The lowest BCUT2D eigenvalue weighted by Gasteiger charge is -2.14. The second-order valence-corrected chi connectivity index (χ2v) is 6.49. The largest absolute Gasteiger partial charge is 0.387 e. The molecule has 0 aliphatic carbocycles. The normalized spacial score (nSPS) is 12.3. The number of amides is 1. The van der Waals surface area contributed by atoms with Gasteiger partial charge in [-0.1, -0.05) is 61.3 Å². The maximum atomic E-state index is 12.1. The molecule has 0 aliphatic rings. The van der Waals surface area contributed by atoms with E-state index >= 15 is 0 Å². The number of halogens is 2. The molecule has 2 aromatic rings. The van der Waals surface area contributed by atoms with Crippen molar-refractivity contribution in [1.82, 2.24) is 5.32 Å². The lowest BCUT2D eigenvalue weighted by molar-refractivity contribution is 0.0916. The van der Waals surface area contributed by atoms with Crippen LogP contribution in [-0.2, 0) is 0 Å². The number of benzene rings is 2. The first-order valence-electron chi connectivity index (χ1n) is 7.39. The number of hydrogen-bond acceptors (Lipinski definition) is 2. The summed E-state index contributed by atoms with van der Waals surface area (Å²) in [5.74, 6) is 0.136. The van der Waals surface area contributed by atoms with Crippen LogP contribution in [0.3, 0.4) is 0 Å². The van der Waals surface area contributed by atoms with Crippen LogP contribution in [0.5, 0.6) is 0 Å². The van der Waals surface area contributed by atoms with Crippen molar-refractivity contribution >= 4 is 29.1 Å². The number of carbonyl (C=O) groups excluding carboxylic acids is 1. The van der Waals surface area contributed by atoms with E-state index in [1.165, 1.54) is 11.6 Å². The van der Waals surface area contributed by atoms with Crippen LogP contribution >= 0.6 is 23.2 Å². The monoisotopic (exact) mass is 351 g/mol. The zero-order valence-corrected chi connectivity index (χ0v) is 14.5. The van der Waals surface area contributed by atoms with Gasteiger partial charge in [-0.05, 0) is 35.2 Å². The molecular weight excluding hydrogens is 333 g/mol. The summed E-state index contributed by atoms with van der Waals surface area (Å²) in [5.41, 5.74) is 2.38. The van der Waals surface area contributed by atoms with E-state index in [-0.39, 0.29) is 12.5 Å². The third-order valence-electron chi connectivity index (χ3n) is 3.63. The van der Waals surface area contributed by atoms with Gasteiger partial charge < -0.3 is 10.4 Å². The zero-order chi connectivity index (χ0) is 17.0. The zero-order valence-electron chi connectivity index (χ0n) is 13.0. The van der Waals surface area contributed by atoms with E-state index in [1.54, 1.807) is 12.1 Å². The molecule has 0 radical (unpaired) electrons. The van der Waals surface area contributed by atoms with E-state index < -0.39 is 6.10 Å². The van der Waals surface area contributed by atoms with Gasteiger partial charge >= 0.3 is 0 Å². The van der Waals surface area contributed by atoms with E-state index in [1.807, 2.05) is 24.3 Å². The summed E-state index contributed by atoms with van der Waals surface area (Å²) < 4.78 is 0. The van der Waals surface area contributed by atoms with Crippen LogP contribution in [0.25, 0.3) is 0 Å². The van der Waals surface area contributed by atoms with Crippen molar-refractivity contribution in [2.75, 3.05) is 6.54 Å². The number of aliphatic hydroxyl groups excluding tert-OH is 1. The maximum absolute atomic E-state index is 12.1. The second-order valence-electron chi connectivity index (χ2n) is 5.68. The molecule has 5 heteroatoms. The highest BCUT2D eigenvalue weighted by molar-refractivity contribution is 6.42. The molecule has 0 bridgehead atoms. The maximum Gasteiger partial charge on any atom is 0.251 e. The molecule has 0 saturated carbocycles. The fourth-order valence-electron chi connectivity index (χ4n) is 2.15. The van der Waals surface area contributed by atoms with E-state index in [0.717, 1.165) is 5.56 Å². The van der Waals surface area contributed by atoms with Gasteiger partial charge in [0, 0.05) is 12.1 Å². The molecule has 1 atom stereocenters. The highest BCUT2D eigenvalue weighted by Gasteiger charge is 2.12. The quantitative estimate of drug-likeness (QED) is 0.828. The van der Waals surface area contributed by atoms with Crippen molar-refractivity contribution in [1.29, 1.82) is 0 Å². The molecule has 0 aliphatic heterocycles. The van der Waals surface area contributed by atoms with Crippen molar-refractivity contribution in [3.05, 3.63) is 69.2 Å². The third-order valence-corrected chi connectivity index (χ3v) is 4.36. The van der Waals surface area contributed by atoms with E-state index in [4.69, 9.17) is 23.2 Å². The summed E-state index contributed by atoms with van der Waals surface area (Å²) in [4.78, 5) is 12.1. The Kier molecular flexibility index (Phi) is 6.05. The first-order valence-corrected chi connectivity index (χ1v) is 8.15. The van der Waals surface area contributed by atoms with Gasteiger partial charge in [0.15, 0.2) is 0 Å². The molecule has 0 saturated heterocycles. The summed E-state index contributed by atoms with van der Waals surface area (Å²) in [7, 11) is 0. The molecule has 0 fully saturated rings. The molecule has 3 nitrogen and oxygen atoms in total. The number of aliphatic hydroxyl groups is 1. The number of nitrogens with one attached hydrogen (secondary N) is 1. The van der Waals surface area contributed by atoms with Gasteiger partial charge in [-0.2, -0.15) is 0 Å². The Morgan fingerprint density at radius 2 is 1.65 bits per heavy atom. The van der Waals surface area contributed by atoms with Crippen molar-refractivity contribution < 1.29 is 9.90 Å². The smallest absolute Gasteiger partial charge is 0.251 e. The average molecular weight is 352 g/mol. The van der Waals surface area contributed by atoms with Gasteiger partial charge in [-0.3, -0.25) is 4.79 Å². The van der Waals surface area contributed by atoms with Crippen LogP contribution < -0.4 is 5.32 Å². The fourth-order valence-corrected chi connectivity index (χ4v) is 2.45. The Morgan fingerprint density at radius 3 is 2.22 bits per heavy atom. The number of rotatable bonds is 5. The molecule has 0 heterocycles. The molecule has 0 spiro atoms. The molecule has 23 heavy (non-hydrogen) atoms. The Morgan fingerprint density at radius 1 is 1.04 bits per heavy atom.